The van der Waals surface area contributed by atoms with E-state index in [1.165, 1.54) is 21.1 Å². The summed E-state index contributed by atoms with van der Waals surface area (Å²) in [7, 11) is 8.30. The van der Waals surface area contributed by atoms with Crippen molar-refractivity contribution in [2.45, 2.75) is 128 Å². The van der Waals surface area contributed by atoms with Crippen molar-refractivity contribution in [3.05, 3.63) is 0 Å². The van der Waals surface area contributed by atoms with Crippen molar-refractivity contribution in [1.29, 1.82) is 0 Å². The van der Waals surface area contributed by atoms with Crippen LogP contribution in [0.1, 0.15) is 93.9 Å². The Kier molecular flexibility index (Phi) is 15.4. The maximum atomic E-state index is 10.4. The van der Waals surface area contributed by atoms with Crippen LogP contribution >= 0.6 is 21.7 Å². The lowest BCUT2D eigenvalue weighted by Gasteiger charge is -2.51. The summed E-state index contributed by atoms with van der Waals surface area (Å²) < 4.78 is 12.4. The van der Waals surface area contributed by atoms with Gasteiger partial charge in [-0.15, -0.1) is 0 Å². The van der Waals surface area contributed by atoms with Crippen molar-refractivity contribution >= 4 is 21.7 Å². The molecule has 0 aromatic carbocycles. The number of nitrogens with one attached hydrogen (secondary N) is 1. The predicted molar refractivity (Wildman–Crippen MR) is 160 cm³/mol. The minimum atomic E-state index is -0.260. The van der Waals surface area contributed by atoms with E-state index in [0.717, 1.165) is 77.9 Å². The molecule has 10 heteroatoms. The Balaban J connectivity index is 0.00000229. The number of piperidine rings is 2. The summed E-state index contributed by atoms with van der Waals surface area (Å²) >= 11 is 0. The molecular formula is C28H59ClN4O4S. The largest absolute Gasteiger partial charge is 0.378 e. The van der Waals surface area contributed by atoms with Crippen LogP contribution in [-0.4, -0.2) is 113 Å². The minimum Gasteiger partial charge on any atom is -0.378 e. The number of likely N-dealkylation sites (N-methyl/N-ethyl adjacent to an activating group) is 1. The van der Waals surface area contributed by atoms with E-state index < -0.39 is 0 Å². The zero-order valence-electron chi connectivity index (χ0n) is 26.0. The van der Waals surface area contributed by atoms with Gasteiger partial charge >= 0.3 is 0 Å². The molecule has 0 spiro atoms. The number of hydrogen-bond donors (Lipinski definition) is 3. The number of ether oxygens (including phenoxy) is 2. The molecule has 2 rings (SSSR count). The molecular weight excluding hydrogens is 524 g/mol. The van der Waals surface area contributed by atoms with Crippen LogP contribution < -0.4 is 5.32 Å². The zero-order valence-corrected chi connectivity index (χ0v) is 27.6. The van der Waals surface area contributed by atoms with Gasteiger partial charge in [0.05, 0.1) is 12.2 Å². The van der Waals surface area contributed by atoms with Crippen molar-refractivity contribution in [2.75, 3.05) is 52.7 Å². The van der Waals surface area contributed by atoms with E-state index in [-0.39, 0.29) is 34.4 Å². The van der Waals surface area contributed by atoms with E-state index in [0.29, 0.717) is 0 Å². The molecule has 8 nitrogen and oxygen atoms in total. The van der Waals surface area contributed by atoms with Gasteiger partial charge in [0.1, 0.15) is 0 Å². The Morgan fingerprint density at radius 1 is 0.763 bits per heavy atom. The highest BCUT2D eigenvalue weighted by Crippen LogP contribution is 2.39. The summed E-state index contributed by atoms with van der Waals surface area (Å²) in [5.41, 5.74) is -1.04. The second-order valence-electron chi connectivity index (χ2n) is 13.6. The quantitative estimate of drug-likeness (QED) is 0.239. The third-order valence-electron chi connectivity index (χ3n) is 7.76. The van der Waals surface area contributed by atoms with Crippen LogP contribution in [0.3, 0.4) is 0 Å². The Hall–Kier alpha value is 0.320. The van der Waals surface area contributed by atoms with E-state index in [9.17, 15) is 10.4 Å². The number of hydroxylamine groups is 4. The topological polar surface area (TPSA) is 80.7 Å². The van der Waals surface area contributed by atoms with Crippen molar-refractivity contribution in [3.8, 4) is 0 Å². The molecule has 2 aliphatic rings. The van der Waals surface area contributed by atoms with Crippen molar-refractivity contribution < 1.29 is 19.9 Å². The molecule has 228 valence electrons. The molecule has 2 aliphatic heterocycles. The van der Waals surface area contributed by atoms with Gasteiger partial charge in [0.2, 0.25) is 0 Å². The lowest BCUT2D eigenvalue weighted by Crippen LogP contribution is -2.60. The number of nitrogens with zero attached hydrogens (tertiary/aromatic N) is 3. The van der Waals surface area contributed by atoms with Crippen LogP contribution in [0.15, 0.2) is 0 Å². The average Bonchev–Trinajstić information content (AvgIpc) is 2.78. The molecule has 0 atom stereocenters. The van der Waals surface area contributed by atoms with Crippen LogP contribution in [0.25, 0.3) is 0 Å². The second kappa shape index (κ2) is 16.1. The molecule has 0 unspecified atom stereocenters. The molecule has 0 saturated carbocycles. The normalized spacial score (nSPS) is 23.8. The summed E-state index contributed by atoms with van der Waals surface area (Å²) in [4.78, 5) is 2.35. The Morgan fingerprint density at radius 3 is 1.53 bits per heavy atom. The number of rotatable bonds is 13. The fourth-order valence-corrected chi connectivity index (χ4v) is 6.13. The Morgan fingerprint density at radius 2 is 1.13 bits per heavy atom. The predicted octanol–water partition coefficient (Wildman–Crippen LogP) is 5.65. The van der Waals surface area contributed by atoms with Crippen LogP contribution in [0.2, 0.25) is 0 Å². The van der Waals surface area contributed by atoms with E-state index in [2.05, 4.69) is 72.7 Å². The highest BCUT2D eigenvalue weighted by atomic mass is 35.7. The summed E-state index contributed by atoms with van der Waals surface area (Å²) in [6, 6.07) is 0. The van der Waals surface area contributed by atoms with Gasteiger partial charge < -0.3 is 30.1 Å². The molecule has 0 aromatic rings. The molecule has 2 heterocycles. The van der Waals surface area contributed by atoms with Gasteiger partial charge in [-0.25, -0.2) is 0 Å². The third kappa shape index (κ3) is 12.0. The minimum absolute atomic E-state index is 0.199. The van der Waals surface area contributed by atoms with Crippen LogP contribution in [0.4, 0.5) is 0 Å². The van der Waals surface area contributed by atoms with Crippen molar-refractivity contribution in [2.24, 2.45) is 0 Å². The fraction of sp³-hybridized carbons (Fsp3) is 1.00. The first-order chi connectivity index (χ1) is 17.5. The molecule has 0 bridgehead atoms. The van der Waals surface area contributed by atoms with Gasteiger partial charge in [0, 0.05) is 55.0 Å². The third-order valence-corrected chi connectivity index (χ3v) is 7.76. The average molecular weight is 583 g/mol. The molecule has 3 N–H and O–H groups in total. The lowest BCUT2D eigenvalue weighted by molar-refractivity contribution is -0.261. The van der Waals surface area contributed by atoms with Gasteiger partial charge in [-0.05, 0) is 124 Å². The molecule has 2 saturated heterocycles. The van der Waals surface area contributed by atoms with Gasteiger partial charge in [-0.2, -0.15) is 10.1 Å². The summed E-state index contributed by atoms with van der Waals surface area (Å²) in [6.07, 6.45) is 7.63. The van der Waals surface area contributed by atoms with Crippen molar-refractivity contribution in [3.63, 3.8) is 0 Å². The first kappa shape index (κ1) is 36.3. The zero-order chi connectivity index (χ0) is 29.2. The van der Waals surface area contributed by atoms with Crippen LogP contribution in [0.5, 0.6) is 0 Å². The maximum absolute atomic E-state index is 10.4. The SMILES string of the molecule is CN(CCCOC1CC(C)(C)N(O)C(C)(C)C1)CCNCCCOC1CC(C)(C)N(O)C(C)(C)C1.CSCl. The first-order valence-electron chi connectivity index (χ1n) is 14.2. The summed E-state index contributed by atoms with van der Waals surface area (Å²) in [6.45, 7) is 22.1. The van der Waals surface area contributed by atoms with Gasteiger partial charge in [-0.3, -0.25) is 0 Å². The van der Waals surface area contributed by atoms with Crippen LogP contribution in [0, 0.1) is 0 Å². The standard InChI is InChI=1S/C27H56N4O4.CH3ClS/c1-24(2)18-22(19-25(3,4)30(24)32)34-16-10-12-28-13-15-29(9)14-11-17-35-23-20-26(5,6)31(33)27(7,8)21-23;1-3-2/h22-23,28,32-33H,10-21H2,1-9H3;1H3. The fourth-order valence-electron chi connectivity index (χ4n) is 6.13. The first-order valence-corrected chi connectivity index (χ1v) is 16.3. The molecule has 38 heavy (non-hydrogen) atoms. The molecule has 0 aromatic heterocycles. The maximum Gasteiger partial charge on any atom is 0.0611 e. The van der Waals surface area contributed by atoms with E-state index in [1.54, 1.807) is 0 Å². The molecule has 2 fully saturated rings. The van der Waals surface area contributed by atoms with Gasteiger partial charge in [0.25, 0.3) is 0 Å². The smallest absolute Gasteiger partial charge is 0.0611 e. The van der Waals surface area contributed by atoms with E-state index >= 15 is 0 Å². The lowest BCUT2D eigenvalue weighted by atomic mass is 9.80. The van der Waals surface area contributed by atoms with Crippen molar-refractivity contribution in [1.82, 2.24) is 20.3 Å². The summed E-state index contributed by atoms with van der Waals surface area (Å²) in [5.74, 6) is 0. The van der Waals surface area contributed by atoms with Gasteiger partial charge in [0.15, 0.2) is 0 Å². The molecule has 0 aliphatic carbocycles. The number of halogens is 1. The van der Waals surface area contributed by atoms with Gasteiger partial charge in [-0.1, -0.05) is 11.0 Å². The van der Waals surface area contributed by atoms with E-state index in [1.807, 2.05) is 6.26 Å². The van der Waals surface area contributed by atoms with E-state index in [4.69, 9.17) is 20.2 Å². The highest BCUT2D eigenvalue weighted by Gasteiger charge is 2.46. The highest BCUT2D eigenvalue weighted by molar-refractivity contribution is 8.20. The second-order valence-corrected chi connectivity index (χ2v) is 14.8. The molecule has 0 radical (unpaired) electrons. The van der Waals surface area contributed by atoms with Crippen LogP contribution in [-0.2, 0) is 9.47 Å². The Bertz CT molecular complexity index is 633. The molecule has 0 amide bonds. The monoisotopic (exact) mass is 582 g/mol. The summed E-state index contributed by atoms with van der Waals surface area (Å²) in [5, 5.41) is 27.4. The number of hydrogen-bond acceptors (Lipinski definition) is 9. The Labute approximate surface area is 242 Å².